The highest BCUT2D eigenvalue weighted by Crippen LogP contribution is 2.31. The first-order valence-corrected chi connectivity index (χ1v) is 7.06. The van der Waals surface area contributed by atoms with Crippen LogP contribution in [0, 0.1) is 0 Å². The molecule has 1 amide bonds. The molecule has 0 aliphatic heterocycles. The van der Waals surface area contributed by atoms with Crippen molar-refractivity contribution in [1.29, 1.82) is 0 Å². The summed E-state index contributed by atoms with van der Waals surface area (Å²) in [5.74, 6) is 0. The van der Waals surface area contributed by atoms with E-state index in [2.05, 4.69) is 41.5 Å². The smallest absolute Gasteiger partial charge is 0.210 e. The molecule has 2 nitrogen and oxygen atoms in total. The van der Waals surface area contributed by atoms with Crippen LogP contribution in [0.4, 0.5) is 0 Å². The highest BCUT2D eigenvalue weighted by molar-refractivity contribution is 5.50. The summed E-state index contributed by atoms with van der Waals surface area (Å²) in [7, 11) is 0. The molecule has 0 unspecified atom stereocenters. The van der Waals surface area contributed by atoms with Crippen LogP contribution in [0.15, 0.2) is 0 Å². The lowest BCUT2D eigenvalue weighted by molar-refractivity contribution is -0.131. The van der Waals surface area contributed by atoms with E-state index in [1.807, 2.05) is 4.90 Å². The summed E-state index contributed by atoms with van der Waals surface area (Å²) >= 11 is 0. The van der Waals surface area contributed by atoms with Crippen molar-refractivity contribution < 1.29 is 4.79 Å². The van der Waals surface area contributed by atoms with Crippen LogP contribution in [0.5, 0.6) is 0 Å². The maximum Gasteiger partial charge on any atom is 0.210 e. The zero-order chi connectivity index (χ0) is 13.5. The SMILES string of the molecule is CCCCC(C)(C)N(C=O)C(C)(C)CCCC. The van der Waals surface area contributed by atoms with Gasteiger partial charge in [-0.25, -0.2) is 0 Å². The first-order chi connectivity index (χ1) is 7.81. The molecule has 0 aliphatic carbocycles. The summed E-state index contributed by atoms with van der Waals surface area (Å²) in [6, 6.07) is 0. The normalized spacial score (nSPS) is 12.6. The van der Waals surface area contributed by atoms with Crippen molar-refractivity contribution in [3.8, 4) is 0 Å². The van der Waals surface area contributed by atoms with Gasteiger partial charge in [0.05, 0.1) is 0 Å². The van der Waals surface area contributed by atoms with Gasteiger partial charge in [-0.05, 0) is 40.5 Å². The summed E-state index contributed by atoms with van der Waals surface area (Å²) in [5, 5.41) is 0. The van der Waals surface area contributed by atoms with Gasteiger partial charge in [0.25, 0.3) is 0 Å². The Balaban J connectivity index is 4.72. The summed E-state index contributed by atoms with van der Waals surface area (Å²) in [6.45, 7) is 13.1. The van der Waals surface area contributed by atoms with Gasteiger partial charge in [0, 0.05) is 11.1 Å². The van der Waals surface area contributed by atoms with Crippen molar-refractivity contribution in [2.24, 2.45) is 0 Å². The van der Waals surface area contributed by atoms with E-state index < -0.39 is 0 Å². The summed E-state index contributed by atoms with van der Waals surface area (Å²) < 4.78 is 0. The van der Waals surface area contributed by atoms with Crippen LogP contribution in [0.2, 0.25) is 0 Å². The van der Waals surface area contributed by atoms with Crippen LogP contribution in [0.25, 0.3) is 0 Å². The Kier molecular flexibility index (Phi) is 6.81. The third-order valence-corrected chi connectivity index (χ3v) is 3.69. The average Bonchev–Trinajstić information content (AvgIpc) is 2.24. The van der Waals surface area contributed by atoms with Crippen LogP contribution in [-0.4, -0.2) is 22.4 Å². The number of carbonyl (C=O) groups is 1. The van der Waals surface area contributed by atoms with Crippen LogP contribution in [0.3, 0.4) is 0 Å². The van der Waals surface area contributed by atoms with E-state index in [-0.39, 0.29) is 11.1 Å². The number of unbranched alkanes of at least 4 members (excludes halogenated alkanes) is 2. The minimum atomic E-state index is -0.0327. The van der Waals surface area contributed by atoms with Crippen molar-refractivity contribution >= 4 is 6.41 Å². The van der Waals surface area contributed by atoms with Crippen molar-refractivity contribution in [3.05, 3.63) is 0 Å². The predicted molar refractivity (Wildman–Crippen MR) is 75.1 cm³/mol. The molecule has 0 aromatic carbocycles. The Morgan fingerprint density at radius 2 is 1.24 bits per heavy atom. The molecule has 0 fully saturated rings. The van der Waals surface area contributed by atoms with Gasteiger partial charge in [-0.15, -0.1) is 0 Å². The molecule has 0 saturated carbocycles. The number of rotatable bonds is 9. The van der Waals surface area contributed by atoms with Crippen LogP contribution in [0.1, 0.15) is 80.1 Å². The largest absolute Gasteiger partial charge is 0.335 e. The van der Waals surface area contributed by atoms with Gasteiger partial charge in [0.2, 0.25) is 6.41 Å². The van der Waals surface area contributed by atoms with Gasteiger partial charge >= 0.3 is 0 Å². The second-order valence-electron chi connectivity index (χ2n) is 6.31. The van der Waals surface area contributed by atoms with Gasteiger partial charge in [0.1, 0.15) is 0 Å². The molecule has 17 heavy (non-hydrogen) atoms. The quantitative estimate of drug-likeness (QED) is 0.548. The monoisotopic (exact) mass is 241 g/mol. The second-order valence-corrected chi connectivity index (χ2v) is 6.31. The standard InChI is InChI=1S/C15H31NO/c1-7-9-11-14(3,4)16(13-17)15(5,6)12-10-8-2/h13H,7-12H2,1-6H3. The van der Waals surface area contributed by atoms with E-state index in [1.165, 1.54) is 25.7 Å². The first-order valence-electron chi connectivity index (χ1n) is 7.06. The summed E-state index contributed by atoms with van der Waals surface area (Å²) in [4.78, 5) is 13.5. The molecule has 0 heterocycles. The lowest BCUT2D eigenvalue weighted by Crippen LogP contribution is -2.54. The Morgan fingerprint density at radius 1 is 0.882 bits per heavy atom. The molecule has 0 aliphatic rings. The molecule has 0 spiro atoms. The Labute approximate surface area is 108 Å². The van der Waals surface area contributed by atoms with Crippen molar-refractivity contribution in [3.63, 3.8) is 0 Å². The fraction of sp³-hybridized carbons (Fsp3) is 0.933. The molecule has 2 heteroatoms. The lowest BCUT2D eigenvalue weighted by Gasteiger charge is -2.47. The highest BCUT2D eigenvalue weighted by Gasteiger charge is 2.35. The molecule has 0 bridgehead atoms. The van der Waals surface area contributed by atoms with E-state index in [0.717, 1.165) is 19.3 Å². The Morgan fingerprint density at radius 3 is 1.47 bits per heavy atom. The van der Waals surface area contributed by atoms with E-state index in [1.54, 1.807) is 0 Å². The van der Waals surface area contributed by atoms with E-state index in [4.69, 9.17) is 0 Å². The zero-order valence-corrected chi connectivity index (χ0v) is 12.7. The summed E-state index contributed by atoms with van der Waals surface area (Å²) in [6.07, 6.45) is 7.94. The molecule has 102 valence electrons. The molecular weight excluding hydrogens is 210 g/mol. The van der Waals surface area contributed by atoms with Crippen LogP contribution >= 0.6 is 0 Å². The van der Waals surface area contributed by atoms with Gasteiger partial charge in [-0.3, -0.25) is 4.79 Å². The van der Waals surface area contributed by atoms with E-state index in [0.29, 0.717) is 0 Å². The van der Waals surface area contributed by atoms with Crippen LogP contribution in [-0.2, 0) is 4.79 Å². The topological polar surface area (TPSA) is 20.3 Å². The van der Waals surface area contributed by atoms with E-state index in [9.17, 15) is 4.79 Å². The first kappa shape index (κ1) is 16.5. The molecular formula is C15H31NO. The van der Waals surface area contributed by atoms with Crippen LogP contribution < -0.4 is 0 Å². The number of nitrogens with zero attached hydrogens (tertiary/aromatic N) is 1. The predicted octanol–water partition coefficient (Wildman–Crippen LogP) is 4.38. The van der Waals surface area contributed by atoms with Gasteiger partial charge in [0.15, 0.2) is 0 Å². The minimum Gasteiger partial charge on any atom is -0.335 e. The second kappa shape index (κ2) is 7.03. The molecule has 0 aromatic heterocycles. The number of amides is 1. The molecule has 0 atom stereocenters. The minimum absolute atomic E-state index is 0.0327. The van der Waals surface area contributed by atoms with Gasteiger partial charge in [-0.2, -0.15) is 0 Å². The van der Waals surface area contributed by atoms with Gasteiger partial charge in [-0.1, -0.05) is 39.5 Å². The number of hydrogen-bond donors (Lipinski definition) is 0. The van der Waals surface area contributed by atoms with E-state index >= 15 is 0 Å². The fourth-order valence-electron chi connectivity index (χ4n) is 2.56. The maximum atomic E-state index is 11.5. The highest BCUT2D eigenvalue weighted by atomic mass is 16.1. The molecule has 0 saturated heterocycles. The third kappa shape index (κ3) is 5.10. The van der Waals surface area contributed by atoms with Crippen molar-refractivity contribution in [2.75, 3.05) is 0 Å². The summed E-state index contributed by atoms with van der Waals surface area (Å²) in [5.41, 5.74) is -0.0655. The maximum absolute atomic E-state index is 11.5. The number of hydrogen-bond acceptors (Lipinski definition) is 1. The van der Waals surface area contributed by atoms with Crippen molar-refractivity contribution in [2.45, 2.75) is 91.1 Å². The molecule has 0 radical (unpaired) electrons. The Bertz CT molecular complexity index is 201. The van der Waals surface area contributed by atoms with Crippen molar-refractivity contribution in [1.82, 2.24) is 4.90 Å². The third-order valence-electron chi connectivity index (χ3n) is 3.69. The van der Waals surface area contributed by atoms with Gasteiger partial charge < -0.3 is 4.90 Å². The number of carbonyl (C=O) groups excluding carboxylic acids is 1. The molecule has 0 aromatic rings. The average molecular weight is 241 g/mol. The molecule has 0 N–H and O–H groups in total. The fourth-order valence-corrected chi connectivity index (χ4v) is 2.56. The lowest BCUT2D eigenvalue weighted by atomic mass is 9.87. The Hall–Kier alpha value is -0.530. The zero-order valence-electron chi connectivity index (χ0n) is 12.7. The molecule has 0 rings (SSSR count).